The van der Waals surface area contributed by atoms with Crippen LogP contribution in [0.15, 0.2) is 40.3 Å². The van der Waals surface area contributed by atoms with Crippen molar-refractivity contribution in [3.05, 3.63) is 35.9 Å². The van der Waals surface area contributed by atoms with Crippen molar-refractivity contribution < 1.29 is 13.2 Å². The number of halogens is 4. The van der Waals surface area contributed by atoms with Crippen LogP contribution in [0.25, 0.3) is 0 Å². The van der Waals surface area contributed by atoms with E-state index in [0.29, 0.717) is 5.56 Å². The average Bonchev–Trinajstić information content (AvgIpc) is 2.32. The minimum atomic E-state index is -4.57. The summed E-state index contributed by atoms with van der Waals surface area (Å²) in [5, 5.41) is 0. The summed E-state index contributed by atoms with van der Waals surface area (Å²) >= 11 is 0. The highest BCUT2D eigenvalue weighted by Gasteiger charge is 2.46. The maximum absolute atomic E-state index is 12.9. The number of aliphatic imine (C=N–C) groups is 2. The molecule has 1 atom stereocenters. The van der Waals surface area contributed by atoms with Gasteiger partial charge < -0.3 is 16.4 Å². The zero-order valence-electron chi connectivity index (χ0n) is 10.2. The van der Waals surface area contributed by atoms with Crippen LogP contribution >= 0.6 is 12.4 Å². The highest BCUT2D eigenvalue weighted by molar-refractivity contribution is 5.95. The lowest BCUT2D eigenvalue weighted by Crippen LogP contribution is -2.53. The van der Waals surface area contributed by atoms with Gasteiger partial charge in [0.1, 0.15) is 0 Å². The number of guanidine groups is 2. The Labute approximate surface area is 119 Å². The molecule has 0 bridgehead atoms. The van der Waals surface area contributed by atoms with Crippen molar-refractivity contribution in [2.75, 3.05) is 0 Å². The zero-order valence-corrected chi connectivity index (χ0v) is 11.0. The molecule has 0 spiro atoms. The van der Waals surface area contributed by atoms with Crippen LogP contribution in [0.5, 0.6) is 0 Å². The summed E-state index contributed by atoms with van der Waals surface area (Å²) < 4.78 is 38.8. The Morgan fingerprint density at radius 3 is 2.30 bits per heavy atom. The summed E-state index contributed by atoms with van der Waals surface area (Å²) in [5.74, 6) is -0.761. The molecule has 0 aromatic heterocycles. The lowest BCUT2D eigenvalue weighted by molar-refractivity contribution is -0.173. The van der Waals surface area contributed by atoms with Gasteiger partial charge in [-0.2, -0.15) is 18.2 Å². The largest absolute Gasteiger partial charge is 0.429 e. The molecule has 1 unspecified atom stereocenters. The molecule has 1 aliphatic heterocycles. The van der Waals surface area contributed by atoms with E-state index in [2.05, 4.69) is 9.98 Å². The van der Waals surface area contributed by atoms with E-state index in [9.17, 15) is 13.2 Å². The Kier molecular flexibility index (Phi) is 4.83. The minimum absolute atomic E-state index is 0. The van der Waals surface area contributed by atoms with Gasteiger partial charge in [-0.1, -0.05) is 30.3 Å². The van der Waals surface area contributed by atoms with E-state index in [0.717, 1.165) is 4.90 Å². The fourth-order valence-corrected chi connectivity index (χ4v) is 1.73. The monoisotopic (exact) mass is 307 g/mol. The Morgan fingerprint density at radius 1 is 1.15 bits per heavy atom. The van der Waals surface area contributed by atoms with Crippen molar-refractivity contribution in [3.63, 3.8) is 0 Å². The minimum Gasteiger partial charge on any atom is -0.369 e. The highest BCUT2D eigenvalue weighted by atomic mass is 35.5. The molecule has 0 radical (unpaired) electrons. The molecule has 0 saturated carbocycles. The Balaban J connectivity index is 0.00000200. The summed E-state index contributed by atoms with van der Waals surface area (Å²) in [7, 11) is 0. The summed E-state index contributed by atoms with van der Waals surface area (Å²) in [5.41, 5.74) is 11.4. The molecule has 9 heteroatoms. The van der Waals surface area contributed by atoms with E-state index in [-0.39, 0.29) is 24.9 Å². The number of alkyl halides is 3. The Hall–Kier alpha value is -1.96. The second-order valence-corrected chi connectivity index (χ2v) is 3.99. The molecule has 1 aliphatic rings. The van der Waals surface area contributed by atoms with Crippen LogP contribution in [0.1, 0.15) is 5.56 Å². The molecular weight excluding hydrogens is 295 g/mol. The third-order valence-electron chi connectivity index (χ3n) is 2.56. The van der Waals surface area contributed by atoms with Gasteiger partial charge in [-0.05, 0) is 5.56 Å². The van der Waals surface area contributed by atoms with Crippen LogP contribution < -0.4 is 11.5 Å². The molecule has 1 heterocycles. The van der Waals surface area contributed by atoms with Gasteiger partial charge in [0.05, 0.1) is 0 Å². The number of hydrogen-bond donors (Lipinski definition) is 2. The van der Waals surface area contributed by atoms with E-state index in [1.807, 2.05) is 0 Å². The Bertz CT molecular complexity index is 515. The lowest BCUT2D eigenvalue weighted by atomic mass is 10.2. The molecule has 1 aromatic carbocycles. The maximum Gasteiger partial charge on any atom is 0.429 e. The predicted molar refractivity (Wildman–Crippen MR) is 72.3 cm³/mol. The van der Waals surface area contributed by atoms with Gasteiger partial charge in [-0.25, -0.2) is 4.99 Å². The van der Waals surface area contributed by atoms with Crippen molar-refractivity contribution in [2.24, 2.45) is 21.5 Å². The molecule has 4 N–H and O–H groups in total. The van der Waals surface area contributed by atoms with Gasteiger partial charge in [0.2, 0.25) is 18.1 Å². The summed E-state index contributed by atoms with van der Waals surface area (Å²) in [6.07, 6.45) is -6.68. The predicted octanol–water partition coefficient (Wildman–Crippen LogP) is 1.44. The van der Waals surface area contributed by atoms with Gasteiger partial charge in [-0.3, -0.25) is 0 Å². The molecule has 20 heavy (non-hydrogen) atoms. The smallest absolute Gasteiger partial charge is 0.369 e. The fourth-order valence-electron chi connectivity index (χ4n) is 1.73. The van der Waals surface area contributed by atoms with Crippen molar-refractivity contribution in [2.45, 2.75) is 18.9 Å². The molecule has 1 aromatic rings. The first-order valence-electron chi connectivity index (χ1n) is 5.42. The molecule has 5 nitrogen and oxygen atoms in total. The second-order valence-electron chi connectivity index (χ2n) is 3.99. The first-order valence-corrected chi connectivity index (χ1v) is 5.42. The number of nitrogens with two attached hydrogens (primary N) is 2. The third kappa shape index (κ3) is 3.53. The zero-order chi connectivity index (χ0) is 14.0. The SMILES string of the molecule is Cl.NC1=NC(C(F)(F)F)N(Cc2ccccc2)C(N)=N1. The number of rotatable bonds is 2. The Morgan fingerprint density at radius 2 is 1.75 bits per heavy atom. The summed E-state index contributed by atoms with van der Waals surface area (Å²) in [6, 6.07) is 8.62. The normalized spacial score (nSPS) is 18.9. The highest BCUT2D eigenvalue weighted by Crippen LogP contribution is 2.28. The quantitative estimate of drug-likeness (QED) is 0.867. The van der Waals surface area contributed by atoms with Crippen molar-refractivity contribution in [1.82, 2.24) is 4.90 Å². The number of nitrogens with zero attached hydrogens (tertiary/aromatic N) is 3. The first kappa shape index (κ1) is 16.1. The summed E-state index contributed by atoms with van der Waals surface area (Å²) in [6.45, 7) is -0.0445. The van der Waals surface area contributed by atoms with Crippen LogP contribution in [0.4, 0.5) is 13.2 Å². The van der Waals surface area contributed by atoms with Crippen LogP contribution in [0, 0.1) is 0 Å². The van der Waals surface area contributed by atoms with Gasteiger partial charge in [0, 0.05) is 6.54 Å². The van der Waals surface area contributed by atoms with Crippen LogP contribution in [-0.2, 0) is 6.54 Å². The van der Waals surface area contributed by atoms with Gasteiger partial charge in [0.15, 0.2) is 0 Å². The standard InChI is InChI=1S/C11H12F3N5.ClH/c12-11(13,14)8-17-9(15)18-10(16)19(8)6-7-4-2-1-3-5-7;/h1-5,8H,6H2,(H4,15,16,17,18);1H. The van der Waals surface area contributed by atoms with E-state index in [4.69, 9.17) is 11.5 Å². The fraction of sp³-hybridized carbons (Fsp3) is 0.273. The van der Waals surface area contributed by atoms with Crippen molar-refractivity contribution >= 4 is 24.3 Å². The van der Waals surface area contributed by atoms with E-state index in [1.165, 1.54) is 0 Å². The number of hydrogen-bond acceptors (Lipinski definition) is 5. The summed E-state index contributed by atoms with van der Waals surface area (Å²) in [4.78, 5) is 7.75. The average molecular weight is 308 g/mol. The molecule has 0 amide bonds. The molecule has 110 valence electrons. The van der Waals surface area contributed by atoms with Crippen molar-refractivity contribution in [3.8, 4) is 0 Å². The van der Waals surface area contributed by atoms with Gasteiger partial charge in [-0.15, -0.1) is 12.4 Å². The van der Waals surface area contributed by atoms with E-state index < -0.39 is 18.3 Å². The van der Waals surface area contributed by atoms with Crippen molar-refractivity contribution in [1.29, 1.82) is 0 Å². The van der Waals surface area contributed by atoms with Gasteiger partial charge in [0.25, 0.3) is 0 Å². The van der Waals surface area contributed by atoms with Crippen LogP contribution in [-0.4, -0.2) is 29.2 Å². The van der Waals surface area contributed by atoms with Gasteiger partial charge >= 0.3 is 6.18 Å². The molecule has 0 fully saturated rings. The van der Waals surface area contributed by atoms with Crippen LogP contribution in [0.3, 0.4) is 0 Å². The molecule has 2 rings (SSSR count). The molecular formula is C11H13ClF3N5. The second kappa shape index (κ2) is 6.00. The van der Waals surface area contributed by atoms with E-state index >= 15 is 0 Å². The molecule has 0 aliphatic carbocycles. The first-order chi connectivity index (χ1) is 8.88. The lowest BCUT2D eigenvalue weighted by Gasteiger charge is -2.33. The molecule has 0 saturated heterocycles. The third-order valence-corrected chi connectivity index (χ3v) is 2.56. The number of benzene rings is 1. The maximum atomic E-state index is 12.9. The van der Waals surface area contributed by atoms with Crippen LogP contribution in [0.2, 0.25) is 0 Å². The van der Waals surface area contributed by atoms with E-state index in [1.54, 1.807) is 30.3 Å². The topological polar surface area (TPSA) is 80.0 Å².